The van der Waals surface area contributed by atoms with Crippen molar-refractivity contribution in [2.75, 3.05) is 0 Å². The molecule has 2 rings (SSSR count). The van der Waals surface area contributed by atoms with Gasteiger partial charge in [0.1, 0.15) is 0 Å². The summed E-state index contributed by atoms with van der Waals surface area (Å²) in [5, 5.41) is 0. The molecule has 2 unspecified atom stereocenters. The zero-order valence-electron chi connectivity index (χ0n) is 7.87. The van der Waals surface area contributed by atoms with Gasteiger partial charge in [-0.15, -0.1) is 0 Å². The lowest BCUT2D eigenvalue weighted by Crippen LogP contribution is -2.44. The van der Waals surface area contributed by atoms with Gasteiger partial charge in [-0.3, -0.25) is 4.79 Å². The van der Waals surface area contributed by atoms with Crippen molar-refractivity contribution >= 4 is 5.78 Å². The molecule has 0 spiro atoms. The van der Waals surface area contributed by atoms with Gasteiger partial charge in [-0.05, 0) is 12.5 Å². The second-order valence-corrected chi connectivity index (χ2v) is 3.92. The Labute approximate surface area is 77.8 Å². The third kappa shape index (κ3) is 0.954. The zero-order chi connectivity index (χ0) is 9.64. The SMILES string of the molecule is CC1c2ccccc2C(=O)C1(C)N. The zero-order valence-corrected chi connectivity index (χ0v) is 7.87. The van der Waals surface area contributed by atoms with Crippen molar-refractivity contribution in [3.05, 3.63) is 35.4 Å². The van der Waals surface area contributed by atoms with Crippen LogP contribution in [-0.2, 0) is 0 Å². The van der Waals surface area contributed by atoms with Gasteiger partial charge in [0.25, 0.3) is 0 Å². The second kappa shape index (κ2) is 2.42. The number of carbonyl (C=O) groups is 1. The number of ketones is 1. The van der Waals surface area contributed by atoms with Crippen LogP contribution in [0.5, 0.6) is 0 Å². The van der Waals surface area contributed by atoms with Crippen molar-refractivity contribution in [2.24, 2.45) is 5.73 Å². The summed E-state index contributed by atoms with van der Waals surface area (Å²) in [7, 11) is 0. The Morgan fingerprint density at radius 3 is 2.62 bits per heavy atom. The van der Waals surface area contributed by atoms with E-state index in [9.17, 15) is 4.79 Å². The maximum absolute atomic E-state index is 11.8. The van der Waals surface area contributed by atoms with Gasteiger partial charge in [0.05, 0.1) is 5.54 Å². The highest BCUT2D eigenvalue weighted by molar-refractivity contribution is 6.08. The molecule has 1 aromatic rings. The van der Waals surface area contributed by atoms with Gasteiger partial charge in [0.15, 0.2) is 5.78 Å². The number of fused-ring (bicyclic) bond motifs is 1. The van der Waals surface area contributed by atoms with Crippen molar-refractivity contribution < 1.29 is 4.79 Å². The number of carbonyl (C=O) groups excluding carboxylic acids is 1. The van der Waals surface area contributed by atoms with E-state index in [0.29, 0.717) is 0 Å². The minimum absolute atomic E-state index is 0.0654. The van der Waals surface area contributed by atoms with E-state index >= 15 is 0 Å². The molecular weight excluding hydrogens is 162 g/mol. The van der Waals surface area contributed by atoms with E-state index in [2.05, 4.69) is 0 Å². The van der Waals surface area contributed by atoms with Crippen LogP contribution in [0.25, 0.3) is 0 Å². The first-order valence-corrected chi connectivity index (χ1v) is 4.47. The Morgan fingerprint density at radius 1 is 1.38 bits per heavy atom. The monoisotopic (exact) mass is 175 g/mol. The van der Waals surface area contributed by atoms with E-state index in [4.69, 9.17) is 5.73 Å². The lowest BCUT2D eigenvalue weighted by atomic mass is 9.89. The maximum atomic E-state index is 11.8. The molecule has 68 valence electrons. The van der Waals surface area contributed by atoms with Crippen LogP contribution in [0.3, 0.4) is 0 Å². The van der Waals surface area contributed by atoms with Gasteiger partial charge < -0.3 is 5.73 Å². The predicted octanol–water partition coefficient (Wildman–Crippen LogP) is 1.70. The number of nitrogens with two attached hydrogens (primary N) is 1. The fraction of sp³-hybridized carbons (Fsp3) is 0.364. The summed E-state index contributed by atoms with van der Waals surface area (Å²) in [5.74, 6) is 0.187. The molecule has 0 saturated heterocycles. The summed E-state index contributed by atoms with van der Waals surface area (Å²) in [6.07, 6.45) is 0. The van der Waals surface area contributed by atoms with E-state index in [1.54, 1.807) is 6.92 Å². The van der Waals surface area contributed by atoms with Crippen molar-refractivity contribution in [1.29, 1.82) is 0 Å². The molecule has 0 amide bonds. The van der Waals surface area contributed by atoms with E-state index in [-0.39, 0.29) is 11.7 Å². The van der Waals surface area contributed by atoms with Crippen LogP contribution in [-0.4, -0.2) is 11.3 Å². The Hall–Kier alpha value is -1.15. The van der Waals surface area contributed by atoms with Gasteiger partial charge in [0, 0.05) is 11.5 Å². The summed E-state index contributed by atoms with van der Waals surface area (Å²) in [5.41, 5.74) is 7.12. The number of hydrogen-bond acceptors (Lipinski definition) is 2. The molecule has 0 radical (unpaired) electrons. The molecule has 1 aromatic carbocycles. The largest absolute Gasteiger partial charge is 0.318 e. The van der Waals surface area contributed by atoms with E-state index < -0.39 is 5.54 Å². The fourth-order valence-corrected chi connectivity index (χ4v) is 1.89. The van der Waals surface area contributed by atoms with Gasteiger partial charge in [-0.2, -0.15) is 0 Å². The highest BCUT2D eigenvalue weighted by Crippen LogP contribution is 2.38. The fourth-order valence-electron chi connectivity index (χ4n) is 1.89. The molecule has 0 aliphatic heterocycles. The van der Waals surface area contributed by atoms with Crippen LogP contribution in [0.2, 0.25) is 0 Å². The molecule has 0 fully saturated rings. The average molecular weight is 175 g/mol. The van der Waals surface area contributed by atoms with Crippen molar-refractivity contribution in [3.8, 4) is 0 Å². The molecule has 1 aliphatic rings. The van der Waals surface area contributed by atoms with Gasteiger partial charge in [-0.25, -0.2) is 0 Å². The summed E-state index contributed by atoms with van der Waals surface area (Å²) < 4.78 is 0. The number of hydrogen-bond donors (Lipinski definition) is 1. The Kier molecular flexibility index (Phi) is 1.57. The highest BCUT2D eigenvalue weighted by Gasteiger charge is 2.43. The highest BCUT2D eigenvalue weighted by atomic mass is 16.1. The quantitative estimate of drug-likeness (QED) is 0.652. The molecule has 13 heavy (non-hydrogen) atoms. The Bertz CT molecular complexity index is 368. The van der Waals surface area contributed by atoms with Gasteiger partial charge in [0.2, 0.25) is 0 Å². The molecule has 2 nitrogen and oxygen atoms in total. The van der Waals surface area contributed by atoms with Crippen LogP contribution < -0.4 is 5.73 Å². The summed E-state index contributed by atoms with van der Waals surface area (Å²) >= 11 is 0. The summed E-state index contributed by atoms with van der Waals surface area (Å²) in [6, 6.07) is 7.66. The van der Waals surface area contributed by atoms with E-state index in [0.717, 1.165) is 11.1 Å². The first kappa shape index (κ1) is 8.45. The molecule has 0 heterocycles. The van der Waals surface area contributed by atoms with Crippen LogP contribution in [0.15, 0.2) is 24.3 Å². The molecule has 2 heteroatoms. The van der Waals surface area contributed by atoms with E-state index in [1.807, 2.05) is 31.2 Å². The topological polar surface area (TPSA) is 43.1 Å². The van der Waals surface area contributed by atoms with Crippen LogP contribution >= 0.6 is 0 Å². The lowest BCUT2D eigenvalue weighted by molar-refractivity contribution is 0.0907. The smallest absolute Gasteiger partial charge is 0.183 e. The summed E-state index contributed by atoms with van der Waals surface area (Å²) in [4.78, 5) is 11.8. The first-order valence-electron chi connectivity index (χ1n) is 4.47. The molecule has 0 saturated carbocycles. The molecule has 2 atom stereocenters. The summed E-state index contributed by atoms with van der Waals surface area (Å²) in [6.45, 7) is 3.81. The van der Waals surface area contributed by atoms with Crippen LogP contribution in [0.1, 0.15) is 35.7 Å². The maximum Gasteiger partial charge on any atom is 0.183 e. The second-order valence-electron chi connectivity index (χ2n) is 3.92. The third-order valence-corrected chi connectivity index (χ3v) is 3.06. The molecule has 0 aromatic heterocycles. The Morgan fingerprint density at radius 2 is 2.00 bits per heavy atom. The minimum atomic E-state index is -0.719. The number of benzene rings is 1. The van der Waals surface area contributed by atoms with E-state index in [1.165, 1.54) is 0 Å². The normalized spacial score (nSPS) is 31.9. The average Bonchev–Trinajstić information content (AvgIpc) is 2.30. The number of Topliss-reactive ketones (excluding diaryl/α,β-unsaturated/α-hetero) is 1. The Balaban J connectivity index is 2.64. The molecule has 0 bridgehead atoms. The first-order chi connectivity index (χ1) is 6.05. The standard InChI is InChI=1S/C11H13NO/c1-7-8-5-3-4-6-9(8)10(13)11(7,2)12/h3-7H,12H2,1-2H3. The van der Waals surface area contributed by atoms with Gasteiger partial charge in [-0.1, -0.05) is 31.2 Å². The molecule has 1 aliphatic carbocycles. The number of rotatable bonds is 0. The van der Waals surface area contributed by atoms with Crippen molar-refractivity contribution in [1.82, 2.24) is 0 Å². The molecular formula is C11H13NO. The van der Waals surface area contributed by atoms with Gasteiger partial charge >= 0.3 is 0 Å². The van der Waals surface area contributed by atoms with Crippen molar-refractivity contribution in [2.45, 2.75) is 25.3 Å². The minimum Gasteiger partial charge on any atom is -0.318 e. The van der Waals surface area contributed by atoms with Crippen molar-refractivity contribution in [3.63, 3.8) is 0 Å². The van der Waals surface area contributed by atoms with Crippen LogP contribution in [0, 0.1) is 0 Å². The predicted molar refractivity (Wildman–Crippen MR) is 51.8 cm³/mol. The van der Waals surface area contributed by atoms with Crippen LogP contribution in [0.4, 0.5) is 0 Å². The third-order valence-electron chi connectivity index (χ3n) is 3.06. The molecule has 2 N–H and O–H groups in total. The lowest BCUT2D eigenvalue weighted by Gasteiger charge is -2.21.